The Labute approximate surface area is 157 Å². The molecular weight excluding hydrogens is 336 g/mol. The third kappa shape index (κ3) is 3.28. The highest BCUT2D eigenvalue weighted by Crippen LogP contribution is 2.23. The van der Waals surface area contributed by atoms with Crippen LogP contribution in [0.2, 0.25) is 0 Å². The van der Waals surface area contributed by atoms with Crippen LogP contribution in [0.4, 0.5) is 0 Å². The summed E-state index contributed by atoms with van der Waals surface area (Å²) in [6.07, 6.45) is 0.306. The van der Waals surface area contributed by atoms with Gasteiger partial charge >= 0.3 is 0 Å². The first-order valence-electron chi connectivity index (χ1n) is 9.12. The summed E-state index contributed by atoms with van der Waals surface area (Å²) >= 11 is 0. The van der Waals surface area contributed by atoms with Gasteiger partial charge in [0.2, 0.25) is 5.91 Å². The van der Waals surface area contributed by atoms with Crippen LogP contribution in [0.5, 0.6) is 0 Å². The number of nitrogens with one attached hydrogen (secondary N) is 2. The summed E-state index contributed by atoms with van der Waals surface area (Å²) in [7, 11) is 0. The number of aryl methyl sites for hydroxylation is 2. The smallest absolute Gasteiger partial charge is 0.225 e. The van der Waals surface area contributed by atoms with Gasteiger partial charge in [0.1, 0.15) is 5.82 Å². The minimum atomic E-state index is -0.195. The maximum Gasteiger partial charge on any atom is 0.225 e. The number of benzene rings is 2. The van der Waals surface area contributed by atoms with Gasteiger partial charge in [-0.1, -0.05) is 30.3 Å². The molecule has 0 aliphatic rings. The number of carbonyl (C=O) groups is 1. The summed E-state index contributed by atoms with van der Waals surface area (Å²) in [5.41, 5.74) is 5.84. The van der Waals surface area contributed by atoms with Crippen molar-refractivity contribution in [2.45, 2.75) is 33.2 Å². The lowest BCUT2D eigenvalue weighted by Crippen LogP contribution is -2.29. The largest absolute Gasteiger partial charge is 0.346 e. The van der Waals surface area contributed by atoms with Crippen LogP contribution in [0.1, 0.15) is 35.6 Å². The van der Waals surface area contributed by atoms with E-state index >= 15 is 0 Å². The Morgan fingerprint density at radius 2 is 1.74 bits per heavy atom. The van der Waals surface area contributed by atoms with E-state index in [1.54, 1.807) is 0 Å². The first-order chi connectivity index (χ1) is 13.0. The van der Waals surface area contributed by atoms with Crippen molar-refractivity contribution in [2.24, 2.45) is 0 Å². The molecule has 1 unspecified atom stereocenters. The Kier molecular flexibility index (Phi) is 4.36. The van der Waals surface area contributed by atoms with E-state index in [0.29, 0.717) is 6.42 Å². The molecule has 27 heavy (non-hydrogen) atoms. The monoisotopic (exact) mass is 358 g/mol. The molecule has 1 amide bonds. The molecule has 0 aliphatic carbocycles. The molecule has 5 nitrogen and oxygen atoms in total. The number of aromatic nitrogens is 3. The van der Waals surface area contributed by atoms with Gasteiger partial charge in [-0.15, -0.1) is 0 Å². The summed E-state index contributed by atoms with van der Waals surface area (Å²) in [5.74, 6) is 0.723. The molecule has 2 N–H and O–H groups in total. The number of rotatable bonds is 4. The number of hydrogen-bond donors (Lipinski definition) is 2. The zero-order valence-electron chi connectivity index (χ0n) is 15.7. The predicted octanol–water partition coefficient (Wildman–Crippen LogP) is 4.15. The van der Waals surface area contributed by atoms with Crippen molar-refractivity contribution in [3.63, 3.8) is 0 Å². The summed E-state index contributed by atoms with van der Waals surface area (Å²) in [6, 6.07) is 15.7. The first kappa shape index (κ1) is 17.2. The van der Waals surface area contributed by atoms with Crippen molar-refractivity contribution in [2.75, 3.05) is 0 Å². The number of pyridine rings is 1. The van der Waals surface area contributed by atoms with Crippen LogP contribution in [0.25, 0.3) is 21.9 Å². The Bertz CT molecular complexity index is 1110. The van der Waals surface area contributed by atoms with Gasteiger partial charge in [0.05, 0.1) is 29.0 Å². The van der Waals surface area contributed by atoms with Crippen molar-refractivity contribution >= 4 is 27.8 Å². The van der Waals surface area contributed by atoms with E-state index in [9.17, 15) is 4.79 Å². The molecule has 136 valence electrons. The second-order valence-corrected chi connectivity index (χ2v) is 6.92. The standard InChI is InChI=1S/C22H22N4O/c1-13-16-8-4-5-9-18(16)23-14(2)17(13)12-21(27)24-15(3)22-25-19-10-6-7-11-20(19)26-22/h4-11,15H,12H2,1-3H3,(H,24,27)(H,25,26). The topological polar surface area (TPSA) is 70.7 Å². The second kappa shape index (κ2) is 6.83. The van der Waals surface area contributed by atoms with Gasteiger partial charge in [0.15, 0.2) is 0 Å². The van der Waals surface area contributed by atoms with Crippen molar-refractivity contribution in [1.29, 1.82) is 0 Å². The number of nitrogens with zero attached hydrogens (tertiary/aromatic N) is 2. The molecule has 0 saturated heterocycles. The number of carbonyl (C=O) groups excluding carboxylic acids is 1. The number of amides is 1. The minimum absolute atomic E-state index is 0.0359. The minimum Gasteiger partial charge on any atom is -0.346 e. The van der Waals surface area contributed by atoms with Gasteiger partial charge in [-0.2, -0.15) is 0 Å². The third-order valence-electron chi connectivity index (χ3n) is 5.02. The lowest BCUT2D eigenvalue weighted by Gasteiger charge is -2.15. The zero-order valence-corrected chi connectivity index (χ0v) is 15.7. The fourth-order valence-corrected chi connectivity index (χ4v) is 3.53. The summed E-state index contributed by atoms with van der Waals surface area (Å²) in [4.78, 5) is 25.2. The Morgan fingerprint density at radius 1 is 1.04 bits per heavy atom. The highest BCUT2D eigenvalue weighted by atomic mass is 16.1. The number of aromatic amines is 1. The Hall–Kier alpha value is -3.21. The molecule has 0 radical (unpaired) electrons. The number of hydrogen-bond acceptors (Lipinski definition) is 3. The van der Waals surface area contributed by atoms with Gasteiger partial charge < -0.3 is 10.3 Å². The quantitative estimate of drug-likeness (QED) is 0.576. The van der Waals surface area contributed by atoms with E-state index in [-0.39, 0.29) is 11.9 Å². The molecule has 2 aromatic heterocycles. The average molecular weight is 358 g/mol. The van der Waals surface area contributed by atoms with E-state index in [0.717, 1.165) is 44.6 Å². The molecule has 0 bridgehead atoms. The molecule has 2 aromatic carbocycles. The van der Waals surface area contributed by atoms with Crippen molar-refractivity contribution < 1.29 is 4.79 Å². The van der Waals surface area contributed by atoms with Gasteiger partial charge in [0, 0.05) is 11.1 Å². The van der Waals surface area contributed by atoms with Crippen LogP contribution in [0, 0.1) is 13.8 Å². The molecule has 5 heteroatoms. The van der Waals surface area contributed by atoms with E-state index in [2.05, 4.69) is 33.3 Å². The van der Waals surface area contributed by atoms with E-state index in [1.165, 1.54) is 0 Å². The molecule has 0 saturated carbocycles. The fraction of sp³-hybridized carbons (Fsp3) is 0.227. The van der Waals surface area contributed by atoms with Crippen LogP contribution >= 0.6 is 0 Å². The third-order valence-corrected chi connectivity index (χ3v) is 5.02. The van der Waals surface area contributed by atoms with Gasteiger partial charge in [-0.3, -0.25) is 9.78 Å². The van der Waals surface area contributed by atoms with Gasteiger partial charge in [-0.05, 0) is 50.1 Å². The lowest BCUT2D eigenvalue weighted by molar-refractivity contribution is -0.121. The maximum atomic E-state index is 12.7. The Morgan fingerprint density at radius 3 is 2.52 bits per heavy atom. The summed E-state index contributed by atoms with van der Waals surface area (Å²) in [5, 5.41) is 4.14. The molecule has 4 aromatic rings. The van der Waals surface area contributed by atoms with Crippen LogP contribution in [-0.2, 0) is 11.2 Å². The number of fused-ring (bicyclic) bond motifs is 2. The highest BCUT2D eigenvalue weighted by Gasteiger charge is 2.17. The summed E-state index contributed by atoms with van der Waals surface area (Å²) < 4.78 is 0. The van der Waals surface area contributed by atoms with Crippen LogP contribution < -0.4 is 5.32 Å². The average Bonchev–Trinajstić information content (AvgIpc) is 3.09. The molecular formula is C22H22N4O. The molecule has 0 fully saturated rings. The van der Waals surface area contributed by atoms with Crippen LogP contribution in [0.3, 0.4) is 0 Å². The van der Waals surface area contributed by atoms with Crippen LogP contribution in [0.15, 0.2) is 48.5 Å². The zero-order chi connectivity index (χ0) is 19.0. The summed E-state index contributed by atoms with van der Waals surface area (Å²) in [6.45, 7) is 5.96. The van der Waals surface area contributed by atoms with E-state index < -0.39 is 0 Å². The highest BCUT2D eigenvalue weighted by molar-refractivity contribution is 5.86. The molecule has 4 rings (SSSR count). The van der Waals surface area contributed by atoms with E-state index in [4.69, 9.17) is 0 Å². The maximum absolute atomic E-state index is 12.7. The molecule has 2 heterocycles. The lowest BCUT2D eigenvalue weighted by atomic mass is 9.99. The molecule has 0 spiro atoms. The Balaban J connectivity index is 1.54. The predicted molar refractivity (Wildman–Crippen MR) is 108 cm³/mol. The number of imidazole rings is 1. The molecule has 0 aliphatic heterocycles. The van der Waals surface area contributed by atoms with Gasteiger partial charge in [0.25, 0.3) is 0 Å². The van der Waals surface area contributed by atoms with E-state index in [1.807, 2.05) is 56.3 Å². The SMILES string of the molecule is Cc1nc2ccccc2c(C)c1CC(=O)NC(C)c1nc2ccccc2[nH]1. The number of para-hydroxylation sites is 3. The van der Waals surface area contributed by atoms with Crippen LogP contribution in [-0.4, -0.2) is 20.9 Å². The first-order valence-corrected chi connectivity index (χ1v) is 9.12. The van der Waals surface area contributed by atoms with Gasteiger partial charge in [-0.25, -0.2) is 4.98 Å². The number of H-pyrrole nitrogens is 1. The normalized spacial score (nSPS) is 12.4. The van der Waals surface area contributed by atoms with Crippen molar-refractivity contribution in [1.82, 2.24) is 20.3 Å². The van der Waals surface area contributed by atoms with Crippen molar-refractivity contribution in [3.05, 3.63) is 71.2 Å². The fourth-order valence-electron chi connectivity index (χ4n) is 3.53. The second-order valence-electron chi connectivity index (χ2n) is 6.92. The van der Waals surface area contributed by atoms with Crippen molar-refractivity contribution in [3.8, 4) is 0 Å². The molecule has 1 atom stereocenters.